The van der Waals surface area contributed by atoms with Crippen molar-refractivity contribution >= 4 is 11.9 Å². The van der Waals surface area contributed by atoms with Gasteiger partial charge in [-0.25, -0.2) is 9.59 Å². The van der Waals surface area contributed by atoms with Crippen molar-refractivity contribution in [2.24, 2.45) is 5.41 Å². The molecule has 4 heteroatoms. The third-order valence-electron chi connectivity index (χ3n) is 2.54. The van der Waals surface area contributed by atoms with Crippen LogP contribution < -0.4 is 0 Å². The SMILES string of the molecule is C=C(CC(=C(C)C(=O)O)C(C)(C)C)C(=O)OC. The first-order valence-corrected chi connectivity index (χ1v) is 5.30. The van der Waals surface area contributed by atoms with Gasteiger partial charge in [-0.1, -0.05) is 32.9 Å². The van der Waals surface area contributed by atoms with Crippen molar-refractivity contribution in [1.82, 2.24) is 0 Å². The van der Waals surface area contributed by atoms with E-state index in [1.54, 1.807) is 0 Å². The highest BCUT2D eigenvalue weighted by Crippen LogP contribution is 2.33. The molecule has 17 heavy (non-hydrogen) atoms. The quantitative estimate of drug-likeness (QED) is 0.606. The van der Waals surface area contributed by atoms with Crippen LogP contribution in [0.25, 0.3) is 0 Å². The lowest BCUT2D eigenvalue weighted by atomic mass is 9.80. The van der Waals surface area contributed by atoms with Crippen LogP contribution in [0.2, 0.25) is 0 Å². The van der Waals surface area contributed by atoms with E-state index in [1.165, 1.54) is 14.0 Å². The first-order valence-electron chi connectivity index (χ1n) is 5.30. The van der Waals surface area contributed by atoms with E-state index in [4.69, 9.17) is 5.11 Å². The Morgan fingerprint density at radius 3 is 2.06 bits per heavy atom. The lowest BCUT2D eigenvalue weighted by molar-refractivity contribution is -0.136. The zero-order valence-electron chi connectivity index (χ0n) is 11.1. The second kappa shape index (κ2) is 5.66. The summed E-state index contributed by atoms with van der Waals surface area (Å²) in [7, 11) is 1.28. The number of carbonyl (C=O) groups excluding carboxylic acids is 1. The Morgan fingerprint density at radius 2 is 1.76 bits per heavy atom. The smallest absolute Gasteiger partial charge is 0.333 e. The van der Waals surface area contributed by atoms with Gasteiger partial charge in [0.15, 0.2) is 0 Å². The number of aliphatic carboxylic acids is 1. The molecule has 0 radical (unpaired) electrons. The minimum Gasteiger partial charge on any atom is -0.478 e. The third-order valence-corrected chi connectivity index (χ3v) is 2.54. The number of hydrogen-bond donors (Lipinski definition) is 1. The van der Waals surface area contributed by atoms with Gasteiger partial charge in [-0.05, 0) is 12.3 Å². The van der Waals surface area contributed by atoms with Gasteiger partial charge in [-0.2, -0.15) is 0 Å². The molecule has 0 amide bonds. The topological polar surface area (TPSA) is 63.6 Å². The van der Waals surface area contributed by atoms with Gasteiger partial charge in [0.1, 0.15) is 0 Å². The van der Waals surface area contributed by atoms with Crippen molar-refractivity contribution in [2.75, 3.05) is 7.11 Å². The number of ether oxygens (including phenoxy) is 1. The van der Waals surface area contributed by atoms with E-state index in [0.29, 0.717) is 5.57 Å². The van der Waals surface area contributed by atoms with Crippen LogP contribution in [0.5, 0.6) is 0 Å². The molecule has 0 aliphatic heterocycles. The molecule has 0 saturated carbocycles. The van der Waals surface area contributed by atoms with Crippen LogP contribution in [0.1, 0.15) is 34.1 Å². The maximum absolute atomic E-state index is 11.3. The zero-order valence-corrected chi connectivity index (χ0v) is 11.1. The van der Waals surface area contributed by atoms with Gasteiger partial charge < -0.3 is 9.84 Å². The standard InChI is InChI=1S/C13H20O4/c1-8(12(16)17-6)7-10(13(3,4)5)9(2)11(14)15/h1,7H2,2-6H3,(H,14,15). The van der Waals surface area contributed by atoms with Crippen LogP contribution in [0.3, 0.4) is 0 Å². The summed E-state index contributed by atoms with van der Waals surface area (Å²) in [6, 6.07) is 0. The first kappa shape index (κ1) is 15.4. The normalized spacial score (nSPS) is 12.8. The summed E-state index contributed by atoms with van der Waals surface area (Å²) in [5.41, 5.74) is 0.861. The van der Waals surface area contributed by atoms with Gasteiger partial charge in [0.05, 0.1) is 7.11 Å². The zero-order chi connectivity index (χ0) is 13.8. The average Bonchev–Trinajstić information content (AvgIpc) is 2.21. The summed E-state index contributed by atoms with van der Waals surface area (Å²) in [5.74, 6) is -1.49. The highest BCUT2D eigenvalue weighted by Gasteiger charge is 2.24. The lowest BCUT2D eigenvalue weighted by Crippen LogP contribution is -2.17. The molecule has 1 N–H and O–H groups in total. The minimum atomic E-state index is -0.979. The molecule has 0 atom stereocenters. The van der Waals surface area contributed by atoms with Crippen molar-refractivity contribution in [3.63, 3.8) is 0 Å². The monoisotopic (exact) mass is 240 g/mol. The van der Waals surface area contributed by atoms with Gasteiger partial charge in [0, 0.05) is 17.6 Å². The number of carbonyl (C=O) groups is 2. The maximum atomic E-state index is 11.3. The molecular formula is C13H20O4. The van der Waals surface area contributed by atoms with Crippen LogP contribution in [0.4, 0.5) is 0 Å². The second-order valence-electron chi connectivity index (χ2n) is 4.93. The fraction of sp³-hybridized carbons (Fsp3) is 0.538. The van der Waals surface area contributed by atoms with Crippen LogP contribution in [-0.4, -0.2) is 24.2 Å². The van der Waals surface area contributed by atoms with Crippen LogP contribution in [0.15, 0.2) is 23.3 Å². The molecule has 0 aromatic heterocycles. The highest BCUT2D eigenvalue weighted by molar-refractivity contribution is 5.90. The molecule has 0 rings (SSSR count). The molecule has 0 heterocycles. The summed E-state index contributed by atoms with van der Waals surface area (Å²) in [4.78, 5) is 22.3. The predicted octanol–water partition coefficient (Wildman–Crippen LogP) is 2.55. The Labute approximate surface area is 102 Å². The lowest BCUT2D eigenvalue weighted by Gasteiger charge is -2.25. The largest absolute Gasteiger partial charge is 0.478 e. The average molecular weight is 240 g/mol. The number of allylic oxidation sites excluding steroid dienone is 1. The Hall–Kier alpha value is -1.58. The van der Waals surface area contributed by atoms with E-state index in [9.17, 15) is 9.59 Å². The maximum Gasteiger partial charge on any atom is 0.333 e. The van der Waals surface area contributed by atoms with Crippen LogP contribution in [-0.2, 0) is 14.3 Å². The van der Waals surface area contributed by atoms with Crippen molar-refractivity contribution in [3.8, 4) is 0 Å². The molecule has 4 nitrogen and oxygen atoms in total. The first-order chi connectivity index (χ1) is 7.61. The van der Waals surface area contributed by atoms with Crippen molar-refractivity contribution < 1.29 is 19.4 Å². The molecular weight excluding hydrogens is 220 g/mol. The summed E-state index contributed by atoms with van der Waals surface area (Å²) < 4.78 is 4.56. The number of esters is 1. The Morgan fingerprint density at radius 1 is 1.29 bits per heavy atom. The van der Waals surface area contributed by atoms with Crippen molar-refractivity contribution in [1.29, 1.82) is 0 Å². The van der Waals surface area contributed by atoms with E-state index in [-0.39, 0.29) is 23.0 Å². The molecule has 0 spiro atoms. The molecule has 0 aliphatic carbocycles. The molecule has 0 bridgehead atoms. The minimum absolute atomic E-state index is 0.217. The molecule has 96 valence electrons. The highest BCUT2D eigenvalue weighted by atomic mass is 16.5. The van der Waals surface area contributed by atoms with Crippen molar-refractivity contribution in [3.05, 3.63) is 23.3 Å². The number of carboxylic acids is 1. The number of rotatable bonds is 4. The Kier molecular flexibility index (Phi) is 5.13. The number of carboxylic acid groups (broad SMARTS) is 1. The predicted molar refractivity (Wildman–Crippen MR) is 65.6 cm³/mol. The number of hydrogen-bond acceptors (Lipinski definition) is 3. The van der Waals surface area contributed by atoms with E-state index in [2.05, 4.69) is 11.3 Å². The molecule has 0 aromatic rings. The second-order valence-corrected chi connectivity index (χ2v) is 4.93. The van der Waals surface area contributed by atoms with Crippen LogP contribution >= 0.6 is 0 Å². The molecule has 0 aromatic carbocycles. The van der Waals surface area contributed by atoms with Crippen molar-refractivity contribution in [2.45, 2.75) is 34.1 Å². The summed E-state index contributed by atoms with van der Waals surface area (Å²) >= 11 is 0. The molecule has 0 unspecified atom stereocenters. The van der Waals surface area contributed by atoms with E-state index < -0.39 is 11.9 Å². The van der Waals surface area contributed by atoms with E-state index in [0.717, 1.165) is 0 Å². The fourth-order valence-corrected chi connectivity index (χ4v) is 1.52. The Bertz CT molecular complexity index is 369. The molecule has 0 saturated heterocycles. The number of methoxy groups -OCH3 is 1. The van der Waals surface area contributed by atoms with Gasteiger partial charge in [-0.3, -0.25) is 0 Å². The molecule has 0 aliphatic rings. The summed E-state index contributed by atoms with van der Waals surface area (Å²) in [6.07, 6.45) is 0.217. The van der Waals surface area contributed by atoms with Gasteiger partial charge >= 0.3 is 11.9 Å². The van der Waals surface area contributed by atoms with E-state index >= 15 is 0 Å². The Balaban J connectivity index is 5.28. The third kappa shape index (κ3) is 4.43. The van der Waals surface area contributed by atoms with Gasteiger partial charge in [0.2, 0.25) is 0 Å². The van der Waals surface area contributed by atoms with E-state index in [1.807, 2.05) is 20.8 Å². The van der Waals surface area contributed by atoms with Gasteiger partial charge in [0.25, 0.3) is 0 Å². The van der Waals surface area contributed by atoms with Crippen LogP contribution in [0, 0.1) is 5.41 Å². The summed E-state index contributed by atoms with van der Waals surface area (Å²) in [5, 5.41) is 9.02. The fourth-order valence-electron chi connectivity index (χ4n) is 1.52. The molecule has 0 fully saturated rings. The summed E-state index contributed by atoms with van der Waals surface area (Å²) in [6.45, 7) is 10.9. The van der Waals surface area contributed by atoms with Gasteiger partial charge in [-0.15, -0.1) is 0 Å².